The number of carbonyl (C=O) groups excluding carboxylic acids is 1. The van der Waals surface area contributed by atoms with E-state index in [0.717, 1.165) is 0 Å². The number of sulfonamides is 1. The summed E-state index contributed by atoms with van der Waals surface area (Å²) in [7, 11) is -2.25. The standard InChI is InChI=1S/C19H20ClFN2O4S/c1-22(13-14-4-2-3-5-18(14)21)19(24)16-12-15(6-7-17(16)20)28(25,26)23-8-10-27-11-9-23/h2-7,12H,8-11,13H2,1H3. The van der Waals surface area contributed by atoms with E-state index in [0.29, 0.717) is 18.8 Å². The van der Waals surface area contributed by atoms with E-state index in [-0.39, 0.29) is 35.1 Å². The van der Waals surface area contributed by atoms with Crippen molar-refractivity contribution in [1.82, 2.24) is 9.21 Å². The van der Waals surface area contributed by atoms with Crippen LogP contribution in [-0.2, 0) is 21.3 Å². The quantitative estimate of drug-likeness (QED) is 0.737. The van der Waals surface area contributed by atoms with E-state index < -0.39 is 21.7 Å². The molecular weight excluding hydrogens is 407 g/mol. The molecule has 1 heterocycles. The maximum absolute atomic E-state index is 13.9. The summed E-state index contributed by atoms with van der Waals surface area (Å²) in [6, 6.07) is 10.2. The molecule has 0 aromatic heterocycles. The summed E-state index contributed by atoms with van der Waals surface area (Å²) in [6.45, 7) is 1.18. The summed E-state index contributed by atoms with van der Waals surface area (Å²) in [6.07, 6.45) is 0. The molecule has 2 aromatic carbocycles. The second kappa shape index (κ2) is 8.57. The molecular formula is C19H20ClFN2O4S. The van der Waals surface area contributed by atoms with Gasteiger partial charge in [-0.05, 0) is 24.3 Å². The minimum atomic E-state index is -3.76. The zero-order chi connectivity index (χ0) is 20.3. The Hall–Kier alpha value is -2.00. The Kier molecular flexibility index (Phi) is 6.34. The van der Waals surface area contributed by atoms with Crippen LogP contribution < -0.4 is 0 Å². The molecule has 1 fully saturated rings. The number of nitrogens with zero attached hydrogens (tertiary/aromatic N) is 2. The highest BCUT2D eigenvalue weighted by Gasteiger charge is 2.28. The summed E-state index contributed by atoms with van der Waals surface area (Å²) in [5.74, 6) is -0.913. The molecule has 9 heteroatoms. The lowest BCUT2D eigenvalue weighted by molar-refractivity contribution is 0.0730. The van der Waals surface area contributed by atoms with Crippen molar-refractivity contribution in [1.29, 1.82) is 0 Å². The first-order valence-corrected chi connectivity index (χ1v) is 10.5. The molecule has 0 saturated carbocycles. The van der Waals surface area contributed by atoms with E-state index in [9.17, 15) is 17.6 Å². The predicted molar refractivity (Wildman–Crippen MR) is 103 cm³/mol. The zero-order valence-corrected chi connectivity index (χ0v) is 16.8. The largest absolute Gasteiger partial charge is 0.379 e. The van der Waals surface area contributed by atoms with Crippen LogP contribution in [0.5, 0.6) is 0 Å². The highest BCUT2D eigenvalue weighted by atomic mass is 35.5. The number of halogens is 2. The van der Waals surface area contributed by atoms with Crippen LogP contribution in [0.25, 0.3) is 0 Å². The highest BCUT2D eigenvalue weighted by Crippen LogP contribution is 2.25. The molecule has 150 valence electrons. The van der Waals surface area contributed by atoms with E-state index in [1.54, 1.807) is 18.2 Å². The molecule has 0 spiro atoms. The SMILES string of the molecule is CN(Cc1ccccc1F)C(=O)c1cc(S(=O)(=O)N2CCOCC2)ccc1Cl. The van der Waals surface area contributed by atoms with Gasteiger partial charge in [-0.25, -0.2) is 12.8 Å². The van der Waals surface area contributed by atoms with Crippen LogP contribution in [0.3, 0.4) is 0 Å². The van der Waals surface area contributed by atoms with Crippen LogP contribution in [0, 0.1) is 5.82 Å². The molecule has 2 aromatic rings. The summed E-state index contributed by atoms with van der Waals surface area (Å²) in [5.41, 5.74) is 0.404. The van der Waals surface area contributed by atoms with Gasteiger partial charge < -0.3 is 9.64 Å². The highest BCUT2D eigenvalue weighted by molar-refractivity contribution is 7.89. The van der Waals surface area contributed by atoms with E-state index in [4.69, 9.17) is 16.3 Å². The van der Waals surface area contributed by atoms with Gasteiger partial charge in [0, 0.05) is 32.2 Å². The van der Waals surface area contributed by atoms with Gasteiger partial charge >= 0.3 is 0 Å². The number of amides is 1. The van der Waals surface area contributed by atoms with Gasteiger partial charge in [0.25, 0.3) is 5.91 Å². The number of benzene rings is 2. The Morgan fingerprint density at radius 2 is 1.89 bits per heavy atom. The monoisotopic (exact) mass is 426 g/mol. The molecule has 1 aliphatic rings. The van der Waals surface area contributed by atoms with Crippen LogP contribution in [0.2, 0.25) is 5.02 Å². The topological polar surface area (TPSA) is 66.9 Å². The Morgan fingerprint density at radius 1 is 1.21 bits per heavy atom. The van der Waals surface area contributed by atoms with Crippen molar-refractivity contribution in [3.8, 4) is 0 Å². The van der Waals surface area contributed by atoms with Gasteiger partial charge in [0.15, 0.2) is 0 Å². The van der Waals surface area contributed by atoms with E-state index >= 15 is 0 Å². The average molecular weight is 427 g/mol. The van der Waals surface area contributed by atoms with E-state index in [1.807, 2.05) is 0 Å². The van der Waals surface area contributed by atoms with Gasteiger partial charge in [0.2, 0.25) is 10.0 Å². The molecule has 0 bridgehead atoms. The first kappa shape index (κ1) is 20.7. The van der Waals surface area contributed by atoms with Gasteiger partial charge in [-0.3, -0.25) is 4.79 Å². The van der Waals surface area contributed by atoms with Gasteiger partial charge in [0.05, 0.1) is 28.7 Å². The predicted octanol–water partition coefficient (Wildman–Crippen LogP) is 2.77. The second-order valence-electron chi connectivity index (χ2n) is 6.41. The Morgan fingerprint density at radius 3 is 2.57 bits per heavy atom. The normalized spacial score (nSPS) is 15.4. The first-order valence-electron chi connectivity index (χ1n) is 8.67. The summed E-state index contributed by atoms with van der Waals surface area (Å²) >= 11 is 6.16. The molecule has 0 aliphatic carbocycles. The molecule has 0 atom stereocenters. The van der Waals surface area contributed by atoms with Crippen LogP contribution in [-0.4, -0.2) is 56.9 Å². The van der Waals surface area contributed by atoms with Gasteiger partial charge in [-0.15, -0.1) is 0 Å². The maximum Gasteiger partial charge on any atom is 0.255 e. The minimum Gasteiger partial charge on any atom is -0.379 e. The Labute approximate surface area is 168 Å². The molecule has 6 nitrogen and oxygen atoms in total. The lowest BCUT2D eigenvalue weighted by Crippen LogP contribution is -2.40. The maximum atomic E-state index is 13.9. The smallest absolute Gasteiger partial charge is 0.255 e. The molecule has 0 unspecified atom stereocenters. The molecule has 1 amide bonds. The summed E-state index contributed by atoms with van der Waals surface area (Å²) in [5, 5.41) is 0.131. The zero-order valence-electron chi connectivity index (χ0n) is 15.3. The fourth-order valence-corrected chi connectivity index (χ4v) is 4.56. The minimum absolute atomic E-state index is 0.0126. The molecule has 3 rings (SSSR count). The summed E-state index contributed by atoms with van der Waals surface area (Å²) in [4.78, 5) is 14.1. The van der Waals surface area contributed by atoms with Crippen LogP contribution >= 0.6 is 11.6 Å². The molecule has 0 N–H and O–H groups in total. The van der Waals surface area contributed by atoms with E-state index in [1.165, 1.54) is 40.5 Å². The van der Waals surface area contributed by atoms with Crippen molar-refractivity contribution in [2.75, 3.05) is 33.4 Å². The lowest BCUT2D eigenvalue weighted by Gasteiger charge is -2.26. The molecule has 1 aliphatic heterocycles. The van der Waals surface area contributed by atoms with Crippen LogP contribution in [0.4, 0.5) is 4.39 Å². The third-order valence-corrected chi connectivity index (χ3v) is 6.71. The number of hydrogen-bond acceptors (Lipinski definition) is 4. The second-order valence-corrected chi connectivity index (χ2v) is 8.76. The number of rotatable bonds is 5. The van der Waals surface area contributed by atoms with Gasteiger partial charge in [-0.2, -0.15) is 4.31 Å². The third-order valence-electron chi connectivity index (χ3n) is 4.49. The molecule has 0 radical (unpaired) electrons. The van der Waals surface area contributed by atoms with Gasteiger partial charge in [-0.1, -0.05) is 29.8 Å². The van der Waals surface area contributed by atoms with Crippen molar-refractivity contribution in [3.05, 3.63) is 64.4 Å². The summed E-state index contributed by atoms with van der Waals surface area (Å²) < 4.78 is 46.0. The molecule has 28 heavy (non-hydrogen) atoms. The van der Waals surface area contributed by atoms with Crippen LogP contribution in [0.15, 0.2) is 47.4 Å². The number of hydrogen-bond donors (Lipinski definition) is 0. The van der Waals surface area contributed by atoms with Crippen molar-refractivity contribution >= 4 is 27.5 Å². The fraction of sp³-hybridized carbons (Fsp3) is 0.316. The van der Waals surface area contributed by atoms with Crippen molar-refractivity contribution in [2.45, 2.75) is 11.4 Å². The lowest BCUT2D eigenvalue weighted by atomic mass is 10.1. The number of morpholine rings is 1. The molecule has 1 saturated heterocycles. The Bertz CT molecular complexity index is 978. The average Bonchev–Trinajstić information content (AvgIpc) is 2.70. The third kappa shape index (κ3) is 4.35. The van der Waals surface area contributed by atoms with Crippen molar-refractivity contribution in [2.24, 2.45) is 0 Å². The van der Waals surface area contributed by atoms with Crippen molar-refractivity contribution < 1.29 is 22.3 Å². The van der Waals surface area contributed by atoms with Crippen molar-refractivity contribution in [3.63, 3.8) is 0 Å². The van der Waals surface area contributed by atoms with Gasteiger partial charge in [0.1, 0.15) is 5.82 Å². The Balaban J connectivity index is 1.86. The number of ether oxygens (including phenoxy) is 1. The van der Waals surface area contributed by atoms with Crippen LogP contribution in [0.1, 0.15) is 15.9 Å². The number of carbonyl (C=O) groups is 1. The first-order chi connectivity index (χ1) is 13.3. The van der Waals surface area contributed by atoms with E-state index in [2.05, 4.69) is 0 Å². The fourth-order valence-electron chi connectivity index (χ4n) is 2.92.